The standard InChI is InChI=1S/C23H20N12O2/c24-22-28-30-32-34(22)26-12-14-6-8-19(36)17(10-14)21(16-4-2-1-3-5-16)18-11-15(7-9-20(18)37)13-27-35-23(25)29-31-33-35/h1-13,21,36-37H,(H2,24,28,32)(H2,25,29,33)/b26-12+,27-13+. The summed E-state index contributed by atoms with van der Waals surface area (Å²) in [6.45, 7) is 0. The molecule has 6 N–H and O–H groups in total. The fourth-order valence-electron chi connectivity index (χ4n) is 3.73. The van der Waals surface area contributed by atoms with Gasteiger partial charge >= 0.3 is 0 Å². The van der Waals surface area contributed by atoms with Crippen molar-refractivity contribution in [2.45, 2.75) is 5.92 Å². The van der Waals surface area contributed by atoms with E-state index in [-0.39, 0.29) is 23.4 Å². The maximum absolute atomic E-state index is 10.9. The Hall–Kier alpha value is -5.66. The van der Waals surface area contributed by atoms with E-state index in [4.69, 9.17) is 11.5 Å². The van der Waals surface area contributed by atoms with Crippen LogP contribution in [0.5, 0.6) is 11.5 Å². The fourth-order valence-corrected chi connectivity index (χ4v) is 3.73. The molecule has 2 aromatic heterocycles. The number of phenols is 2. The Morgan fingerprint density at radius 3 is 1.62 bits per heavy atom. The molecular weight excluding hydrogens is 476 g/mol. The molecule has 2 heterocycles. The minimum Gasteiger partial charge on any atom is -0.508 e. The van der Waals surface area contributed by atoms with Crippen molar-refractivity contribution in [2.24, 2.45) is 10.2 Å². The first kappa shape index (κ1) is 23.1. The van der Waals surface area contributed by atoms with E-state index in [1.807, 2.05) is 30.3 Å². The molecule has 0 spiro atoms. The van der Waals surface area contributed by atoms with Crippen LogP contribution in [-0.4, -0.2) is 63.3 Å². The Morgan fingerprint density at radius 1 is 0.703 bits per heavy atom. The van der Waals surface area contributed by atoms with E-state index < -0.39 is 5.92 Å². The van der Waals surface area contributed by atoms with Crippen LogP contribution in [0.1, 0.15) is 33.7 Å². The predicted octanol–water partition coefficient (Wildman–Crippen LogP) is 1.18. The monoisotopic (exact) mass is 496 g/mol. The molecule has 0 saturated heterocycles. The Kier molecular flexibility index (Phi) is 6.19. The van der Waals surface area contributed by atoms with Gasteiger partial charge < -0.3 is 21.7 Å². The summed E-state index contributed by atoms with van der Waals surface area (Å²) < 4.78 is 0. The van der Waals surface area contributed by atoms with Gasteiger partial charge in [0.2, 0.25) is 0 Å². The first-order chi connectivity index (χ1) is 18.0. The van der Waals surface area contributed by atoms with E-state index >= 15 is 0 Å². The molecule has 14 nitrogen and oxygen atoms in total. The van der Waals surface area contributed by atoms with Crippen molar-refractivity contribution >= 4 is 24.3 Å². The summed E-state index contributed by atoms with van der Waals surface area (Å²) in [7, 11) is 0. The number of nitrogens with zero attached hydrogens (tertiary/aromatic N) is 10. The lowest BCUT2D eigenvalue weighted by Crippen LogP contribution is -2.06. The highest BCUT2D eigenvalue weighted by atomic mass is 16.3. The predicted molar refractivity (Wildman–Crippen MR) is 134 cm³/mol. The highest BCUT2D eigenvalue weighted by molar-refractivity contribution is 5.82. The summed E-state index contributed by atoms with van der Waals surface area (Å²) >= 11 is 0. The number of aromatic nitrogens is 8. The SMILES string of the molecule is Nc1nnnn1/N=C/c1ccc(O)c(C(c2ccccc2)c2cc(/C=N/n3nnnc3N)ccc2O)c1. The number of nitrogens with two attached hydrogens (primary N) is 2. The number of hydrogen-bond acceptors (Lipinski definition) is 12. The summed E-state index contributed by atoms with van der Waals surface area (Å²) in [6, 6.07) is 19.5. The molecule has 0 saturated carbocycles. The van der Waals surface area contributed by atoms with Gasteiger partial charge in [0.1, 0.15) is 11.5 Å². The maximum atomic E-state index is 10.9. The minimum atomic E-state index is -0.542. The molecule has 0 radical (unpaired) electrons. The third kappa shape index (κ3) is 4.93. The molecule has 0 bridgehead atoms. The van der Waals surface area contributed by atoms with Gasteiger partial charge in [0.05, 0.1) is 12.4 Å². The Balaban J connectivity index is 1.59. The van der Waals surface area contributed by atoms with Crippen LogP contribution in [0.3, 0.4) is 0 Å². The van der Waals surface area contributed by atoms with Gasteiger partial charge in [0, 0.05) is 17.0 Å². The van der Waals surface area contributed by atoms with Crippen molar-refractivity contribution in [1.29, 1.82) is 0 Å². The van der Waals surface area contributed by atoms with Gasteiger partial charge in [-0.1, -0.05) is 50.1 Å². The molecule has 5 aromatic rings. The molecule has 0 aliphatic heterocycles. The van der Waals surface area contributed by atoms with Crippen molar-refractivity contribution in [3.05, 3.63) is 94.5 Å². The lowest BCUT2D eigenvalue weighted by atomic mass is 9.83. The van der Waals surface area contributed by atoms with Crippen LogP contribution in [0.4, 0.5) is 11.9 Å². The average molecular weight is 496 g/mol. The van der Waals surface area contributed by atoms with E-state index in [1.54, 1.807) is 36.4 Å². The Morgan fingerprint density at radius 2 is 1.19 bits per heavy atom. The second-order valence-corrected chi connectivity index (χ2v) is 7.82. The molecule has 0 amide bonds. The molecule has 3 aromatic carbocycles. The van der Waals surface area contributed by atoms with E-state index in [9.17, 15) is 10.2 Å². The first-order valence-electron chi connectivity index (χ1n) is 10.9. The lowest BCUT2D eigenvalue weighted by Gasteiger charge is -2.22. The third-order valence-electron chi connectivity index (χ3n) is 5.44. The molecule has 14 heteroatoms. The van der Waals surface area contributed by atoms with Crippen LogP contribution < -0.4 is 11.5 Å². The summed E-state index contributed by atoms with van der Waals surface area (Å²) in [5, 5.41) is 51.5. The van der Waals surface area contributed by atoms with Crippen molar-refractivity contribution in [1.82, 2.24) is 40.6 Å². The van der Waals surface area contributed by atoms with Crippen LogP contribution in [0.15, 0.2) is 76.9 Å². The number of rotatable bonds is 7. The van der Waals surface area contributed by atoms with E-state index in [0.717, 1.165) is 15.1 Å². The number of phenolic OH excluding ortho intramolecular Hbond substituents is 2. The summed E-state index contributed by atoms with van der Waals surface area (Å²) in [5.41, 5.74) is 14.5. The zero-order chi connectivity index (χ0) is 25.8. The van der Waals surface area contributed by atoms with Crippen LogP contribution in [-0.2, 0) is 0 Å². The van der Waals surface area contributed by atoms with E-state index in [0.29, 0.717) is 22.3 Å². The van der Waals surface area contributed by atoms with E-state index in [1.165, 1.54) is 12.4 Å². The maximum Gasteiger partial charge on any atom is 0.263 e. The zero-order valence-corrected chi connectivity index (χ0v) is 19.1. The highest BCUT2D eigenvalue weighted by Gasteiger charge is 2.23. The smallest absolute Gasteiger partial charge is 0.263 e. The molecular formula is C23H20N12O2. The van der Waals surface area contributed by atoms with Crippen LogP contribution in [0.2, 0.25) is 0 Å². The molecule has 0 unspecified atom stereocenters. The zero-order valence-electron chi connectivity index (χ0n) is 19.1. The summed E-state index contributed by atoms with van der Waals surface area (Å²) in [4.78, 5) is 2.15. The van der Waals surface area contributed by atoms with Crippen molar-refractivity contribution in [3.8, 4) is 11.5 Å². The topological polar surface area (TPSA) is 204 Å². The Labute approximate surface area is 209 Å². The minimum absolute atomic E-state index is 0.0317. The fraction of sp³-hybridized carbons (Fsp3) is 0.0435. The van der Waals surface area contributed by atoms with Gasteiger partial charge in [-0.15, -0.1) is 0 Å². The summed E-state index contributed by atoms with van der Waals surface area (Å²) in [5.74, 6) is -0.409. The normalized spacial score (nSPS) is 11.7. The van der Waals surface area contributed by atoms with Crippen LogP contribution in [0, 0.1) is 0 Å². The number of hydrogen-bond donors (Lipinski definition) is 4. The summed E-state index contributed by atoms with van der Waals surface area (Å²) in [6.07, 6.45) is 3.02. The number of anilines is 2. The van der Waals surface area contributed by atoms with Gasteiger partial charge in [0.25, 0.3) is 11.9 Å². The van der Waals surface area contributed by atoms with E-state index in [2.05, 4.69) is 41.3 Å². The molecule has 0 atom stereocenters. The molecule has 184 valence electrons. The largest absolute Gasteiger partial charge is 0.508 e. The lowest BCUT2D eigenvalue weighted by molar-refractivity contribution is 0.458. The molecule has 0 fully saturated rings. The number of aromatic hydroxyl groups is 2. The number of nitrogen functional groups attached to an aromatic ring is 2. The highest BCUT2D eigenvalue weighted by Crippen LogP contribution is 2.40. The molecule has 37 heavy (non-hydrogen) atoms. The van der Waals surface area contributed by atoms with Gasteiger partial charge in [0.15, 0.2) is 0 Å². The second-order valence-electron chi connectivity index (χ2n) is 7.82. The number of benzene rings is 3. The van der Waals surface area contributed by atoms with Crippen molar-refractivity contribution < 1.29 is 10.2 Å². The molecule has 0 aliphatic rings. The van der Waals surface area contributed by atoms with Gasteiger partial charge in [-0.25, -0.2) is 0 Å². The second kappa shape index (κ2) is 9.91. The van der Waals surface area contributed by atoms with Crippen molar-refractivity contribution in [2.75, 3.05) is 11.5 Å². The first-order valence-corrected chi connectivity index (χ1v) is 10.9. The van der Waals surface area contributed by atoms with Crippen LogP contribution in [0.25, 0.3) is 0 Å². The third-order valence-corrected chi connectivity index (χ3v) is 5.44. The molecule has 0 aliphatic carbocycles. The van der Waals surface area contributed by atoms with Crippen LogP contribution >= 0.6 is 0 Å². The van der Waals surface area contributed by atoms with Gasteiger partial charge in [-0.05, 0) is 73.9 Å². The van der Waals surface area contributed by atoms with Crippen molar-refractivity contribution in [3.63, 3.8) is 0 Å². The molecule has 5 rings (SSSR count). The quantitative estimate of drug-likeness (QED) is 0.187. The average Bonchev–Trinajstić information content (AvgIpc) is 3.52. The Bertz CT molecular complexity index is 1490. The number of tetrazole rings is 2. The van der Waals surface area contributed by atoms with Gasteiger partial charge in [-0.2, -0.15) is 10.2 Å². The van der Waals surface area contributed by atoms with Gasteiger partial charge in [-0.3, -0.25) is 0 Å².